The van der Waals surface area contributed by atoms with Gasteiger partial charge >= 0.3 is 7.12 Å². The number of benzene rings is 2. The SMILES string of the molecule is CC1CCN(C(=O)COc2cc(Oc3ccc4c(c3)COB4O)ccc2C#N)CC1. The number of carbonyl (C=O) groups excluding carboxylic acids is 1. The molecular weight excluding hydrogens is 383 g/mol. The van der Waals surface area contributed by atoms with Crippen LogP contribution in [0.1, 0.15) is 30.9 Å². The molecule has 2 heterocycles. The van der Waals surface area contributed by atoms with Crippen molar-refractivity contribution in [3.63, 3.8) is 0 Å². The van der Waals surface area contributed by atoms with E-state index in [2.05, 4.69) is 13.0 Å². The average molecular weight is 406 g/mol. The average Bonchev–Trinajstić information content (AvgIpc) is 3.13. The molecule has 0 unspecified atom stereocenters. The molecule has 2 aromatic carbocycles. The topological polar surface area (TPSA) is 92.0 Å². The van der Waals surface area contributed by atoms with Crippen molar-refractivity contribution in [2.45, 2.75) is 26.4 Å². The molecule has 0 aromatic heterocycles. The fraction of sp³-hybridized carbons (Fsp3) is 0.364. The Labute approximate surface area is 175 Å². The highest BCUT2D eigenvalue weighted by Crippen LogP contribution is 2.29. The number of likely N-dealkylation sites (tertiary alicyclic amines) is 1. The molecule has 1 fully saturated rings. The molecular formula is C22H23BN2O5. The Bertz CT molecular complexity index is 982. The van der Waals surface area contributed by atoms with Gasteiger partial charge in [-0.1, -0.05) is 13.0 Å². The molecule has 0 spiro atoms. The second-order valence-electron chi connectivity index (χ2n) is 7.75. The molecule has 1 amide bonds. The van der Waals surface area contributed by atoms with Gasteiger partial charge in [0.25, 0.3) is 5.91 Å². The number of amides is 1. The highest BCUT2D eigenvalue weighted by molar-refractivity contribution is 6.61. The summed E-state index contributed by atoms with van der Waals surface area (Å²) in [7, 11) is -0.899. The highest BCUT2D eigenvalue weighted by atomic mass is 16.5. The third kappa shape index (κ3) is 4.43. The summed E-state index contributed by atoms with van der Waals surface area (Å²) < 4.78 is 16.8. The van der Waals surface area contributed by atoms with Crippen LogP contribution in [0.4, 0.5) is 0 Å². The van der Waals surface area contributed by atoms with E-state index in [4.69, 9.17) is 14.1 Å². The van der Waals surface area contributed by atoms with E-state index in [-0.39, 0.29) is 12.5 Å². The standard InChI is InChI=1S/C22H23BN2O5/c1-15-6-8-25(9-7-15)22(26)14-28-21-11-19(3-2-16(21)12-24)30-18-4-5-20-17(10-18)13-29-23(20)27/h2-5,10-11,15,27H,6-9,13-14H2,1H3. The maximum Gasteiger partial charge on any atom is 0.491 e. The van der Waals surface area contributed by atoms with Crippen LogP contribution in [0.15, 0.2) is 36.4 Å². The number of nitriles is 1. The molecule has 0 atom stereocenters. The lowest BCUT2D eigenvalue weighted by molar-refractivity contribution is -0.134. The first-order valence-electron chi connectivity index (χ1n) is 10.1. The van der Waals surface area contributed by atoms with Gasteiger partial charge in [-0.3, -0.25) is 4.79 Å². The highest BCUT2D eigenvalue weighted by Gasteiger charge is 2.27. The summed E-state index contributed by atoms with van der Waals surface area (Å²) in [6.45, 7) is 3.90. The number of piperidine rings is 1. The fourth-order valence-electron chi connectivity index (χ4n) is 3.67. The van der Waals surface area contributed by atoms with Gasteiger partial charge in [0.2, 0.25) is 0 Å². The Morgan fingerprint density at radius 2 is 2.00 bits per heavy atom. The van der Waals surface area contributed by atoms with E-state index in [0.717, 1.165) is 37.0 Å². The van der Waals surface area contributed by atoms with Crippen molar-refractivity contribution in [2.75, 3.05) is 19.7 Å². The van der Waals surface area contributed by atoms with Crippen molar-refractivity contribution in [1.82, 2.24) is 4.90 Å². The smallest absolute Gasteiger partial charge is 0.482 e. The zero-order chi connectivity index (χ0) is 21.1. The van der Waals surface area contributed by atoms with Crippen LogP contribution >= 0.6 is 0 Å². The molecule has 2 aliphatic heterocycles. The summed E-state index contributed by atoms with van der Waals surface area (Å²) in [4.78, 5) is 14.3. The quantitative estimate of drug-likeness (QED) is 0.766. The Kier molecular flexibility index (Phi) is 5.93. The Morgan fingerprint density at radius 3 is 2.77 bits per heavy atom. The number of nitrogens with zero attached hydrogens (tertiary/aromatic N) is 2. The Balaban J connectivity index is 1.43. The minimum absolute atomic E-state index is 0.0747. The van der Waals surface area contributed by atoms with E-state index < -0.39 is 7.12 Å². The maximum absolute atomic E-state index is 12.4. The van der Waals surface area contributed by atoms with E-state index in [1.165, 1.54) is 0 Å². The van der Waals surface area contributed by atoms with Gasteiger partial charge in [-0.05, 0) is 54.1 Å². The van der Waals surface area contributed by atoms with E-state index >= 15 is 0 Å². The van der Waals surface area contributed by atoms with Gasteiger partial charge in [0.1, 0.15) is 23.3 Å². The molecule has 2 aliphatic rings. The molecule has 0 bridgehead atoms. The molecule has 1 N–H and O–H groups in total. The number of hydrogen-bond donors (Lipinski definition) is 1. The molecule has 0 aliphatic carbocycles. The summed E-state index contributed by atoms with van der Waals surface area (Å²) in [5, 5.41) is 19.1. The van der Waals surface area contributed by atoms with Crippen LogP contribution in [0.2, 0.25) is 0 Å². The zero-order valence-corrected chi connectivity index (χ0v) is 16.8. The van der Waals surface area contributed by atoms with Crippen molar-refractivity contribution in [1.29, 1.82) is 5.26 Å². The predicted octanol–water partition coefficient (Wildman–Crippen LogP) is 2.21. The molecule has 0 radical (unpaired) electrons. The summed E-state index contributed by atoms with van der Waals surface area (Å²) in [5.74, 6) is 1.95. The third-order valence-electron chi connectivity index (χ3n) is 5.57. The lowest BCUT2D eigenvalue weighted by atomic mass is 9.80. The van der Waals surface area contributed by atoms with Crippen LogP contribution < -0.4 is 14.9 Å². The summed E-state index contributed by atoms with van der Waals surface area (Å²) in [6, 6.07) is 12.3. The number of ether oxygens (including phenoxy) is 2. The largest absolute Gasteiger partial charge is 0.491 e. The van der Waals surface area contributed by atoms with Gasteiger partial charge in [-0.2, -0.15) is 5.26 Å². The van der Waals surface area contributed by atoms with Gasteiger partial charge < -0.3 is 24.1 Å². The van der Waals surface area contributed by atoms with Crippen LogP contribution in [0.5, 0.6) is 17.2 Å². The van der Waals surface area contributed by atoms with Gasteiger partial charge in [0.05, 0.1) is 12.2 Å². The van der Waals surface area contributed by atoms with E-state index in [1.54, 1.807) is 30.3 Å². The summed E-state index contributed by atoms with van der Waals surface area (Å²) in [5.41, 5.74) is 1.94. The maximum atomic E-state index is 12.4. The minimum atomic E-state index is -0.899. The fourth-order valence-corrected chi connectivity index (χ4v) is 3.67. The number of fused-ring (bicyclic) bond motifs is 1. The van der Waals surface area contributed by atoms with Crippen LogP contribution in [0, 0.1) is 17.2 Å². The number of hydrogen-bond acceptors (Lipinski definition) is 6. The van der Waals surface area contributed by atoms with Crippen molar-refractivity contribution in [3.05, 3.63) is 47.5 Å². The molecule has 7 nitrogen and oxygen atoms in total. The van der Waals surface area contributed by atoms with E-state index in [1.807, 2.05) is 11.0 Å². The van der Waals surface area contributed by atoms with Crippen LogP contribution in [-0.2, 0) is 16.1 Å². The normalized spacial score (nSPS) is 16.2. The van der Waals surface area contributed by atoms with Crippen LogP contribution in [0.25, 0.3) is 0 Å². The van der Waals surface area contributed by atoms with Crippen molar-refractivity contribution in [3.8, 4) is 23.3 Å². The zero-order valence-electron chi connectivity index (χ0n) is 16.8. The molecule has 0 saturated carbocycles. The van der Waals surface area contributed by atoms with Gasteiger partial charge in [0.15, 0.2) is 6.61 Å². The van der Waals surface area contributed by atoms with E-state index in [0.29, 0.717) is 35.3 Å². The molecule has 2 aromatic rings. The molecule has 4 rings (SSSR count). The van der Waals surface area contributed by atoms with Crippen molar-refractivity contribution >= 4 is 18.5 Å². The summed E-state index contributed by atoms with van der Waals surface area (Å²) in [6.07, 6.45) is 2.00. The lowest BCUT2D eigenvalue weighted by Crippen LogP contribution is -2.40. The monoisotopic (exact) mass is 406 g/mol. The van der Waals surface area contributed by atoms with E-state index in [9.17, 15) is 15.1 Å². The summed E-state index contributed by atoms with van der Waals surface area (Å²) >= 11 is 0. The Morgan fingerprint density at radius 1 is 1.27 bits per heavy atom. The minimum Gasteiger partial charge on any atom is -0.482 e. The number of carbonyl (C=O) groups is 1. The van der Waals surface area contributed by atoms with Crippen molar-refractivity contribution < 1.29 is 23.9 Å². The van der Waals surface area contributed by atoms with Crippen molar-refractivity contribution in [2.24, 2.45) is 5.92 Å². The number of rotatable bonds is 5. The Hall–Kier alpha value is -3.02. The first-order chi connectivity index (χ1) is 14.5. The first-order valence-corrected chi connectivity index (χ1v) is 10.1. The van der Waals surface area contributed by atoms with Crippen LogP contribution in [0.3, 0.4) is 0 Å². The van der Waals surface area contributed by atoms with Gasteiger partial charge in [0, 0.05) is 19.2 Å². The molecule has 1 saturated heterocycles. The molecule has 30 heavy (non-hydrogen) atoms. The molecule has 154 valence electrons. The third-order valence-corrected chi connectivity index (χ3v) is 5.57. The van der Waals surface area contributed by atoms with Crippen LogP contribution in [-0.4, -0.2) is 42.6 Å². The first kappa shape index (κ1) is 20.3. The van der Waals surface area contributed by atoms with Gasteiger partial charge in [-0.25, -0.2) is 0 Å². The molecule has 8 heteroatoms. The van der Waals surface area contributed by atoms with Gasteiger partial charge in [-0.15, -0.1) is 0 Å². The lowest BCUT2D eigenvalue weighted by Gasteiger charge is -2.30. The second-order valence-corrected chi connectivity index (χ2v) is 7.75. The predicted molar refractivity (Wildman–Crippen MR) is 111 cm³/mol. The second kappa shape index (κ2) is 8.78.